The van der Waals surface area contributed by atoms with Gasteiger partial charge in [-0.25, -0.2) is 31.5 Å². The van der Waals surface area contributed by atoms with Gasteiger partial charge in [-0.3, -0.25) is 9.10 Å². The number of hydrogen-bond donors (Lipinski definition) is 2. The van der Waals surface area contributed by atoms with Crippen molar-refractivity contribution in [2.45, 2.75) is 38.1 Å². The number of nitrogens with zero attached hydrogens (tertiary/aromatic N) is 3. The number of sulfonamides is 2. The number of anilines is 3. The molecular weight excluding hydrogens is 490 g/mol. The third kappa shape index (κ3) is 6.55. The van der Waals surface area contributed by atoms with Gasteiger partial charge in [0, 0.05) is 17.6 Å². The molecule has 186 valence electrons. The van der Waals surface area contributed by atoms with Crippen LogP contribution >= 0.6 is 0 Å². The minimum atomic E-state index is -3.94. The fourth-order valence-electron chi connectivity index (χ4n) is 3.37. The minimum Gasteiger partial charge on any atom is -0.324 e. The van der Waals surface area contributed by atoms with E-state index in [1.165, 1.54) is 30.5 Å². The summed E-state index contributed by atoms with van der Waals surface area (Å²) in [5.41, 5.74) is 2.26. The Hall–Kier alpha value is -3.51. The summed E-state index contributed by atoms with van der Waals surface area (Å²) in [6, 6.07) is 13.0. The maximum absolute atomic E-state index is 13.1. The Morgan fingerprint density at radius 2 is 1.60 bits per heavy atom. The molecule has 0 saturated heterocycles. The van der Waals surface area contributed by atoms with Crippen molar-refractivity contribution in [3.05, 3.63) is 72.1 Å². The smallest absolute Gasteiger partial charge is 0.264 e. The lowest BCUT2D eigenvalue weighted by atomic mass is 10.1. The summed E-state index contributed by atoms with van der Waals surface area (Å²) >= 11 is 0. The normalized spacial score (nSPS) is 12.6. The highest BCUT2D eigenvalue weighted by Gasteiger charge is 2.31. The van der Waals surface area contributed by atoms with Gasteiger partial charge in [-0.05, 0) is 62.7 Å². The fraction of sp³-hybridized carbons (Fsp3) is 0.261. The molecule has 0 radical (unpaired) electrons. The number of nitrogens with one attached hydrogen (secondary N) is 2. The minimum absolute atomic E-state index is 0.0508. The largest absolute Gasteiger partial charge is 0.324 e. The van der Waals surface area contributed by atoms with Gasteiger partial charge in [0.2, 0.25) is 21.9 Å². The fourth-order valence-corrected chi connectivity index (χ4v) is 5.53. The second kappa shape index (κ2) is 10.4. The van der Waals surface area contributed by atoms with Crippen molar-refractivity contribution in [1.29, 1.82) is 0 Å². The van der Waals surface area contributed by atoms with Crippen molar-refractivity contribution in [1.82, 2.24) is 9.97 Å². The average molecular weight is 518 g/mol. The van der Waals surface area contributed by atoms with Crippen molar-refractivity contribution < 1.29 is 21.6 Å². The Morgan fingerprint density at radius 3 is 2.14 bits per heavy atom. The lowest BCUT2D eigenvalue weighted by Gasteiger charge is -2.30. The molecule has 2 aromatic carbocycles. The van der Waals surface area contributed by atoms with E-state index in [0.717, 1.165) is 16.1 Å². The van der Waals surface area contributed by atoms with Crippen molar-refractivity contribution in [2.75, 3.05) is 20.6 Å². The van der Waals surface area contributed by atoms with Crippen LogP contribution in [0.1, 0.15) is 24.6 Å². The SMILES string of the molecule is CC[C@@H](C(=O)Nc1ccc(S(=O)(=O)Nc2nccc(C)n2)cc1)N(c1ccc(C)cc1)S(C)(=O)=O. The molecule has 0 fully saturated rings. The molecule has 3 rings (SSSR count). The first-order chi connectivity index (χ1) is 16.4. The summed E-state index contributed by atoms with van der Waals surface area (Å²) in [6.45, 7) is 5.31. The molecule has 10 nitrogen and oxygen atoms in total. The number of benzene rings is 2. The van der Waals surface area contributed by atoms with E-state index in [9.17, 15) is 21.6 Å². The first kappa shape index (κ1) is 26.1. The highest BCUT2D eigenvalue weighted by Crippen LogP contribution is 2.24. The number of carbonyl (C=O) groups excluding carboxylic acids is 1. The highest BCUT2D eigenvalue weighted by atomic mass is 32.2. The number of rotatable bonds is 9. The molecular formula is C23H27N5O5S2. The number of carbonyl (C=O) groups is 1. The Kier molecular flexibility index (Phi) is 7.76. The number of hydrogen-bond acceptors (Lipinski definition) is 7. The van der Waals surface area contributed by atoms with Crippen LogP contribution in [0.25, 0.3) is 0 Å². The van der Waals surface area contributed by atoms with Gasteiger partial charge in [0.1, 0.15) is 6.04 Å². The molecule has 2 N–H and O–H groups in total. The van der Waals surface area contributed by atoms with Gasteiger partial charge in [0.15, 0.2) is 0 Å². The van der Waals surface area contributed by atoms with Crippen LogP contribution in [0, 0.1) is 13.8 Å². The summed E-state index contributed by atoms with van der Waals surface area (Å²) < 4.78 is 53.8. The van der Waals surface area contributed by atoms with E-state index in [1.807, 2.05) is 6.92 Å². The first-order valence-electron chi connectivity index (χ1n) is 10.7. The van der Waals surface area contributed by atoms with E-state index in [4.69, 9.17) is 0 Å². The predicted octanol–water partition coefficient (Wildman–Crippen LogP) is 3.08. The number of aryl methyl sites for hydroxylation is 2. The van der Waals surface area contributed by atoms with E-state index in [1.54, 1.807) is 44.2 Å². The molecule has 3 aromatic rings. The van der Waals surface area contributed by atoms with E-state index in [2.05, 4.69) is 20.0 Å². The molecule has 1 atom stereocenters. The summed E-state index contributed by atoms with van der Waals surface area (Å²) in [4.78, 5) is 20.9. The zero-order chi connectivity index (χ0) is 25.8. The average Bonchev–Trinajstić information content (AvgIpc) is 2.77. The summed E-state index contributed by atoms with van der Waals surface area (Å²) in [5.74, 6) is -0.592. The molecule has 0 aliphatic rings. The topological polar surface area (TPSA) is 138 Å². The van der Waals surface area contributed by atoms with Crippen molar-refractivity contribution in [3.8, 4) is 0 Å². The van der Waals surface area contributed by atoms with E-state index >= 15 is 0 Å². The van der Waals surface area contributed by atoms with E-state index in [0.29, 0.717) is 17.1 Å². The maximum atomic E-state index is 13.1. The first-order valence-corrected chi connectivity index (χ1v) is 14.0. The standard InChI is InChI=1S/C23H27N5O5S2/c1-5-21(28(34(4,30)31)19-10-6-16(2)7-11-19)22(29)26-18-8-12-20(13-9-18)35(32,33)27-23-24-15-14-17(3)25-23/h6-15,21H,5H2,1-4H3,(H,26,29)(H,24,25,27)/t21-/m0/s1. The van der Waals surface area contributed by atoms with Gasteiger partial charge < -0.3 is 5.32 Å². The maximum Gasteiger partial charge on any atom is 0.264 e. The van der Waals surface area contributed by atoms with Crippen LogP contribution in [0.4, 0.5) is 17.3 Å². The van der Waals surface area contributed by atoms with Gasteiger partial charge >= 0.3 is 0 Å². The van der Waals surface area contributed by atoms with Crippen molar-refractivity contribution in [3.63, 3.8) is 0 Å². The quantitative estimate of drug-likeness (QED) is 0.445. The van der Waals surface area contributed by atoms with Gasteiger partial charge in [0.05, 0.1) is 16.8 Å². The zero-order valence-electron chi connectivity index (χ0n) is 19.8. The third-order valence-corrected chi connectivity index (χ3v) is 7.59. The monoisotopic (exact) mass is 517 g/mol. The van der Waals surface area contributed by atoms with E-state index < -0.39 is 32.0 Å². The van der Waals surface area contributed by atoms with Crippen molar-refractivity contribution >= 4 is 43.3 Å². The molecule has 0 aliphatic carbocycles. The molecule has 1 heterocycles. The predicted molar refractivity (Wildman–Crippen MR) is 135 cm³/mol. The van der Waals surface area contributed by atoms with Crippen LogP contribution in [-0.2, 0) is 24.8 Å². The van der Waals surface area contributed by atoms with Crippen LogP contribution < -0.4 is 14.3 Å². The van der Waals surface area contributed by atoms with Gasteiger partial charge in [-0.15, -0.1) is 0 Å². The molecule has 35 heavy (non-hydrogen) atoms. The van der Waals surface area contributed by atoms with Gasteiger partial charge in [-0.1, -0.05) is 24.6 Å². The Labute approximate surface area is 205 Å². The Balaban J connectivity index is 1.79. The molecule has 0 bridgehead atoms. The van der Waals surface area contributed by atoms with Crippen LogP contribution in [0.5, 0.6) is 0 Å². The van der Waals surface area contributed by atoms with Gasteiger partial charge in [0.25, 0.3) is 10.0 Å². The molecule has 12 heteroatoms. The molecule has 1 amide bonds. The highest BCUT2D eigenvalue weighted by molar-refractivity contribution is 7.92. The van der Waals surface area contributed by atoms with Crippen LogP contribution in [0.3, 0.4) is 0 Å². The Morgan fingerprint density at radius 1 is 0.971 bits per heavy atom. The summed E-state index contributed by atoms with van der Waals surface area (Å²) in [5, 5.41) is 2.68. The van der Waals surface area contributed by atoms with Crippen LogP contribution in [-0.4, -0.2) is 45.0 Å². The second-order valence-corrected chi connectivity index (χ2v) is 11.5. The Bertz CT molecular complexity index is 1410. The number of aromatic nitrogens is 2. The molecule has 0 saturated carbocycles. The summed E-state index contributed by atoms with van der Waals surface area (Å²) in [7, 11) is -7.71. The second-order valence-electron chi connectivity index (χ2n) is 7.96. The lowest BCUT2D eigenvalue weighted by molar-refractivity contribution is -0.117. The lowest BCUT2D eigenvalue weighted by Crippen LogP contribution is -2.47. The van der Waals surface area contributed by atoms with Crippen molar-refractivity contribution in [2.24, 2.45) is 0 Å². The summed E-state index contributed by atoms with van der Waals surface area (Å²) in [6.07, 6.45) is 2.71. The van der Waals surface area contributed by atoms with Gasteiger partial charge in [-0.2, -0.15) is 0 Å². The molecule has 0 aliphatic heterocycles. The number of amides is 1. The third-order valence-electron chi connectivity index (χ3n) is 5.07. The molecule has 0 spiro atoms. The zero-order valence-corrected chi connectivity index (χ0v) is 21.4. The molecule has 1 aromatic heterocycles. The van der Waals surface area contributed by atoms with Crippen LogP contribution in [0.2, 0.25) is 0 Å². The molecule has 0 unspecified atom stereocenters. The van der Waals surface area contributed by atoms with Crippen LogP contribution in [0.15, 0.2) is 65.7 Å². The van der Waals surface area contributed by atoms with E-state index in [-0.39, 0.29) is 17.3 Å².